The van der Waals surface area contributed by atoms with Crippen LogP contribution in [0.3, 0.4) is 0 Å². The van der Waals surface area contributed by atoms with Gasteiger partial charge >= 0.3 is 6.18 Å². The third-order valence-corrected chi connectivity index (χ3v) is 4.71. The maximum Gasteiger partial charge on any atom is 0.451 e. The molecule has 132 valence electrons. The van der Waals surface area contributed by atoms with Crippen molar-refractivity contribution >= 4 is 24.8 Å². The van der Waals surface area contributed by atoms with Crippen LogP contribution in [0.5, 0.6) is 0 Å². The van der Waals surface area contributed by atoms with Crippen molar-refractivity contribution in [2.45, 2.75) is 38.5 Å². The molecule has 0 aromatic carbocycles. The van der Waals surface area contributed by atoms with Gasteiger partial charge in [-0.1, -0.05) is 0 Å². The lowest BCUT2D eigenvalue weighted by Gasteiger charge is -2.36. The number of hydrogen-bond acceptors (Lipinski definition) is 4. The van der Waals surface area contributed by atoms with E-state index in [0.29, 0.717) is 24.1 Å². The van der Waals surface area contributed by atoms with Crippen LogP contribution in [-0.2, 0) is 12.7 Å². The number of halogens is 5. The van der Waals surface area contributed by atoms with Crippen LogP contribution in [0, 0.1) is 18.8 Å². The normalized spacial score (nSPS) is 27.3. The number of aryl methyl sites for hydroxylation is 1. The summed E-state index contributed by atoms with van der Waals surface area (Å²) < 4.78 is 37.7. The Kier molecular flexibility index (Phi) is 6.66. The fourth-order valence-electron chi connectivity index (χ4n) is 3.52. The predicted molar refractivity (Wildman–Crippen MR) is 85.7 cm³/mol. The molecule has 2 fully saturated rings. The molecular formula is C14H21Cl2F3N4. The summed E-state index contributed by atoms with van der Waals surface area (Å²) in [6.45, 7) is 4.04. The van der Waals surface area contributed by atoms with Crippen molar-refractivity contribution in [1.82, 2.24) is 14.9 Å². The molecule has 1 unspecified atom stereocenters. The van der Waals surface area contributed by atoms with Crippen molar-refractivity contribution in [1.29, 1.82) is 0 Å². The van der Waals surface area contributed by atoms with Gasteiger partial charge in [0.05, 0.1) is 0 Å². The molecule has 2 N–H and O–H groups in total. The van der Waals surface area contributed by atoms with E-state index in [4.69, 9.17) is 5.73 Å². The molecule has 0 amide bonds. The first-order chi connectivity index (χ1) is 9.84. The zero-order valence-electron chi connectivity index (χ0n) is 12.7. The molecule has 0 spiro atoms. The number of hydrogen-bond donors (Lipinski definition) is 1. The number of likely N-dealkylation sites (tertiary alicyclic amines) is 1. The first-order valence-electron chi connectivity index (χ1n) is 7.22. The lowest BCUT2D eigenvalue weighted by Crippen LogP contribution is -2.48. The molecule has 1 saturated carbocycles. The second-order valence-corrected chi connectivity index (χ2v) is 6.17. The Morgan fingerprint density at radius 3 is 2.26 bits per heavy atom. The summed E-state index contributed by atoms with van der Waals surface area (Å²) >= 11 is 0. The van der Waals surface area contributed by atoms with E-state index in [9.17, 15) is 13.2 Å². The molecule has 1 aliphatic heterocycles. The van der Waals surface area contributed by atoms with Crippen LogP contribution >= 0.6 is 24.8 Å². The summed E-state index contributed by atoms with van der Waals surface area (Å²) in [4.78, 5) is 9.32. The minimum absolute atomic E-state index is 0. The molecule has 1 saturated heterocycles. The van der Waals surface area contributed by atoms with Crippen molar-refractivity contribution < 1.29 is 13.2 Å². The van der Waals surface area contributed by atoms with Gasteiger partial charge in [0.2, 0.25) is 5.82 Å². The number of fused-ring (bicyclic) bond motifs is 2. The van der Waals surface area contributed by atoms with E-state index >= 15 is 0 Å². The van der Waals surface area contributed by atoms with Gasteiger partial charge in [0.15, 0.2) is 0 Å². The zero-order chi connectivity index (χ0) is 15.2. The number of nitrogens with two attached hydrogens (primary N) is 1. The number of nitrogens with zero attached hydrogens (tertiary/aromatic N) is 3. The van der Waals surface area contributed by atoms with Crippen molar-refractivity contribution in [3.05, 3.63) is 23.3 Å². The summed E-state index contributed by atoms with van der Waals surface area (Å²) in [5, 5.41) is 0. The standard InChI is InChI=1S/C14H19F3N4.2ClH/c1-8-11(4-19-13(20-8)14(15,16)17)7-21-5-9-2-3-10(6-21)12(9)18;;/h4,9-10,12H,2-3,5-7,18H2,1H3;2*1H/t9-,10+,12?;;. The molecule has 3 atom stereocenters. The molecule has 1 aromatic heterocycles. The molecule has 3 rings (SSSR count). The van der Waals surface area contributed by atoms with Gasteiger partial charge in [0.1, 0.15) is 0 Å². The smallest absolute Gasteiger partial charge is 0.327 e. The Morgan fingerprint density at radius 1 is 1.22 bits per heavy atom. The van der Waals surface area contributed by atoms with E-state index in [2.05, 4.69) is 14.9 Å². The molecule has 23 heavy (non-hydrogen) atoms. The largest absolute Gasteiger partial charge is 0.451 e. The van der Waals surface area contributed by atoms with Crippen LogP contribution in [0.2, 0.25) is 0 Å². The highest BCUT2D eigenvalue weighted by Gasteiger charge is 2.40. The van der Waals surface area contributed by atoms with Crippen LogP contribution in [0.1, 0.15) is 29.9 Å². The average Bonchev–Trinajstić information content (AvgIpc) is 2.62. The molecule has 2 bridgehead atoms. The Morgan fingerprint density at radius 2 is 1.78 bits per heavy atom. The fraction of sp³-hybridized carbons (Fsp3) is 0.714. The number of aromatic nitrogens is 2. The first-order valence-corrected chi connectivity index (χ1v) is 7.22. The van der Waals surface area contributed by atoms with Crippen molar-refractivity contribution in [2.24, 2.45) is 17.6 Å². The first kappa shape index (κ1) is 20.4. The zero-order valence-corrected chi connectivity index (χ0v) is 14.3. The van der Waals surface area contributed by atoms with E-state index < -0.39 is 12.0 Å². The van der Waals surface area contributed by atoms with Gasteiger partial charge in [0, 0.05) is 43.1 Å². The third-order valence-electron chi connectivity index (χ3n) is 4.71. The van der Waals surface area contributed by atoms with E-state index in [1.807, 2.05) is 0 Å². The Bertz CT molecular complexity index is 527. The highest BCUT2D eigenvalue weighted by molar-refractivity contribution is 5.85. The number of alkyl halides is 3. The molecule has 4 nitrogen and oxygen atoms in total. The number of rotatable bonds is 2. The average molecular weight is 373 g/mol. The molecule has 0 radical (unpaired) electrons. The Hall–Kier alpha value is -0.630. The van der Waals surface area contributed by atoms with E-state index in [1.54, 1.807) is 6.92 Å². The summed E-state index contributed by atoms with van der Waals surface area (Å²) in [5.41, 5.74) is 7.33. The van der Waals surface area contributed by atoms with Gasteiger partial charge in [-0.15, -0.1) is 24.8 Å². The molecule has 2 aliphatic rings. The van der Waals surface area contributed by atoms with Crippen LogP contribution in [0.15, 0.2) is 6.20 Å². The van der Waals surface area contributed by atoms with Crippen LogP contribution in [0.4, 0.5) is 13.2 Å². The second-order valence-electron chi connectivity index (χ2n) is 6.17. The SMILES string of the molecule is Cc1nc(C(F)(F)F)ncc1CN1C[C@H]2CC[C@@H](C1)C2N.Cl.Cl. The minimum Gasteiger partial charge on any atom is -0.327 e. The molecule has 9 heteroatoms. The highest BCUT2D eigenvalue weighted by Crippen LogP contribution is 2.36. The maximum atomic E-state index is 12.6. The summed E-state index contributed by atoms with van der Waals surface area (Å²) in [6, 6.07) is 0.284. The van der Waals surface area contributed by atoms with Gasteiger partial charge in [0.25, 0.3) is 0 Å². The summed E-state index contributed by atoms with van der Waals surface area (Å²) in [7, 11) is 0. The number of piperidine rings is 1. The van der Waals surface area contributed by atoms with Gasteiger partial charge in [-0.2, -0.15) is 13.2 Å². The Balaban J connectivity index is 0.00000132. The summed E-state index contributed by atoms with van der Waals surface area (Å²) in [5.74, 6) is -0.0386. The maximum absolute atomic E-state index is 12.6. The van der Waals surface area contributed by atoms with E-state index in [1.165, 1.54) is 6.20 Å². The fourth-order valence-corrected chi connectivity index (χ4v) is 3.52. The van der Waals surface area contributed by atoms with Crippen molar-refractivity contribution in [3.63, 3.8) is 0 Å². The van der Waals surface area contributed by atoms with Gasteiger partial charge < -0.3 is 5.73 Å². The second kappa shape index (κ2) is 7.51. The quantitative estimate of drug-likeness (QED) is 0.866. The molecular weight excluding hydrogens is 352 g/mol. The van der Waals surface area contributed by atoms with Crippen LogP contribution < -0.4 is 5.73 Å². The molecule has 1 aliphatic carbocycles. The van der Waals surface area contributed by atoms with Gasteiger partial charge in [-0.3, -0.25) is 4.90 Å². The van der Waals surface area contributed by atoms with Crippen molar-refractivity contribution in [2.75, 3.05) is 13.1 Å². The molecule has 1 aromatic rings. The predicted octanol–water partition coefficient (Wildman–Crippen LogP) is 2.82. The monoisotopic (exact) mass is 372 g/mol. The van der Waals surface area contributed by atoms with Crippen LogP contribution in [-0.4, -0.2) is 34.0 Å². The third kappa shape index (κ3) is 4.26. The van der Waals surface area contributed by atoms with E-state index in [0.717, 1.165) is 31.5 Å². The lowest BCUT2D eigenvalue weighted by molar-refractivity contribution is -0.145. The highest BCUT2D eigenvalue weighted by atomic mass is 35.5. The van der Waals surface area contributed by atoms with Gasteiger partial charge in [-0.25, -0.2) is 9.97 Å². The summed E-state index contributed by atoms with van der Waals surface area (Å²) in [6.07, 6.45) is -0.864. The minimum atomic E-state index is -4.49. The Labute approximate surface area is 145 Å². The topological polar surface area (TPSA) is 55.0 Å². The molecule has 2 heterocycles. The van der Waals surface area contributed by atoms with Crippen molar-refractivity contribution in [3.8, 4) is 0 Å². The lowest BCUT2D eigenvalue weighted by atomic mass is 9.93. The van der Waals surface area contributed by atoms with Crippen LogP contribution in [0.25, 0.3) is 0 Å². The van der Waals surface area contributed by atoms with E-state index in [-0.39, 0.29) is 30.9 Å². The van der Waals surface area contributed by atoms with Gasteiger partial charge in [-0.05, 0) is 31.6 Å².